The Balaban J connectivity index is 1.85. The average Bonchev–Trinajstić information content (AvgIpc) is 3.17. The van der Waals surface area contributed by atoms with E-state index in [1.54, 1.807) is 11.8 Å². The Hall–Kier alpha value is -2.58. The first kappa shape index (κ1) is 20.7. The fourth-order valence-electron chi connectivity index (χ4n) is 4.40. The third kappa shape index (κ3) is 4.02. The average molecular weight is 411 g/mol. The molecule has 0 unspecified atom stereocenters. The number of hydrogen-bond donors (Lipinski definition) is 1. The minimum Gasteiger partial charge on any atom is -0.383 e. The summed E-state index contributed by atoms with van der Waals surface area (Å²) < 4.78 is 6.99. The monoisotopic (exact) mass is 410 g/mol. The van der Waals surface area contributed by atoms with Crippen LogP contribution in [-0.2, 0) is 11.3 Å². The van der Waals surface area contributed by atoms with Crippen molar-refractivity contribution in [3.8, 4) is 0 Å². The zero-order valence-corrected chi connectivity index (χ0v) is 18.2. The predicted molar refractivity (Wildman–Crippen MR) is 116 cm³/mol. The topological polar surface area (TPSA) is 88.9 Å². The van der Waals surface area contributed by atoms with Crippen molar-refractivity contribution in [3.05, 3.63) is 51.1 Å². The highest BCUT2D eigenvalue weighted by atomic mass is 16.5. The van der Waals surface area contributed by atoms with Gasteiger partial charge in [-0.15, -0.1) is 5.10 Å². The van der Waals surface area contributed by atoms with Crippen LogP contribution in [-0.4, -0.2) is 56.9 Å². The Kier molecular flexibility index (Phi) is 5.97. The molecule has 3 heterocycles. The molecule has 1 aliphatic heterocycles. The molecule has 1 saturated heterocycles. The Morgan fingerprint density at radius 1 is 1.27 bits per heavy atom. The van der Waals surface area contributed by atoms with Crippen molar-refractivity contribution in [1.29, 1.82) is 0 Å². The second-order valence-corrected chi connectivity index (χ2v) is 8.48. The van der Waals surface area contributed by atoms with Crippen LogP contribution in [0.5, 0.6) is 0 Å². The van der Waals surface area contributed by atoms with Crippen molar-refractivity contribution < 1.29 is 4.74 Å². The van der Waals surface area contributed by atoms with Gasteiger partial charge in [0.2, 0.25) is 0 Å². The number of H-pyrrole nitrogens is 1. The van der Waals surface area contributed by atoms with Crippen LogP contribution in [0.4, 0.5) is 0 Å². The van der Waals surface area contributed by atoms with Crippen molar-refractivity contribution in [2.45, 2.75) is 46.2 Å². The molecule has 1 aliphatic rings. The molecule has 30 heavy (non-hydrogen) atoms. The van der Waals surface area contributed by atoms with Crippen LogP contribution >= 0.6 is 0 Å². The molecule has 0 radical (unpaired) electrons. The highest BCUT2D eigenvalue weighted by Crippen LogP contribution is 2.31. The lowest BCUT2D eigenvalue weighted by atomic mass is 9.95. The third-order valence-corrected chi connectivity index (χ3v) is 6.15. The predicted octanol–water partition coefficient (Wildman–Crippen LogP) is 2.60. The first-order valence-electron chi connectivity index (χ1n) is 10.6. The molecular formula is C22H30N6O2. The number of tetrazole rings is 1. The number of aromatic nitrogens is 5. The maximum atomic E-state index is 13.2. The van der Waals surface area contributed by atoms with Gasteiger partial charge in [0.15, 0.2) is 5.82 Å². The van der Waals surface area contributed by atoms with E-state index in [0.29, 0.717) is 30.5 Å². The maximum absolute atomic E-state index is 13.2. The number of aryl methyl sites for hydroxylation is 2. The standard InChI is InChI=1S/C22H30N6O2/c1-14-6-5-7-27(13-14)20(21-24-25-26-28(21)8-9-30-4)18-12-17-10-15(2)16(3)11-19(17)23-22(18)29/h10-12,14,20H,5-9,13H2,1-4H3,(H,23,29)/t14-,20-/m1/s1. The minimum absolute atomic E-state index is 0.0877. The third-order valence-electron chi connectivity index (χ3n) is 6.15. The molecule has 2 aromatic heterocycles. The van der Waals surface area contributed by atoms with Gasteiger partial charge in [-0.3, -0.25) is 9.69 Å². The summed E-state index contributed by atoms with van der Waals surface area (Å²) in [5.74, 6) is 1.25. The van der Waals surface area contributed by atoms with E-state index in [2.05, 4.69) is 52.2 Å². The van der Waals surface area contributed by atoms with Crippen LogP contribution < -0.4 is 5.56 Å². The second-order valence-electron chi connectivity index (χ2n) is 8.48. The number of aromatic amines is 1. The van der Waals surface area contributed by atoms with Crippen LogP contribution in [0.1, 0.15) is 48.3 Å². The highest BCUT2D eigenvalue weighted by molar-refractivity contribution is 5.81. The molecule has 0 saturated carbocycles. The van der Waals surface area contributed by atoms with Gasteiger partial charge in [-0.05, 0) is 84.3 Å². The molecule has 8 heteroatoms. The van der Waals surface area contributed by atoms with Crippen molar-refractivity contribution in [2.24, 2.45) is 5.92 Å². The normalized spacial score (nSPS) is 18.7. The quantitative estimate of drug-likeness (QED) is 0.672. The smallest absolute Gasteiger partial charge is 0.253 e. The van der Waals surface area contributed by atoms with Crippen molar-refractivity contribution in [3.63, 3.8) is 0 Å². The molecule has 1 aromatic carbocycles. The molecule has 0 aliphatic carbocycles. The van der Waals surface area contributed by atoms with Crippen LogP contribution in [0.15, 0.2) is 23.0 Å². The van der Waals surface area contributed by atoms with Gasteiger partial charge < -0.3 is 9.72 Å². The summed E-state index contributed by atoms with van der Waals surface area (Å²) >= 11 is 0. The number of likely N-dealkylation sites (tertiary alicyclic amines) is 1. The number of pyridine rings is 1. The summed E-state index contributed by atoms with van der Waals surface area (Å²) in [6.07, 6.45) is 2.30. The van der Waals surface area contributed by atoms with Gasteiger partial charge in [-0.1, -0.05) is 6.92 Å². The molecule has 0 bridgehead atoms. The molecular weight excluding hydrogens is 380 g/mol. The van der Waals surface area contributed by atoms with Gasteiger partial charge >= 0.3 is 0 Å². The summed E-state index contributed by atoms with van der Waals surface area (Å²) in [5, 5.41) is 13.5. The summed E-state index contributed by atoms with van der Waals surface area (Å²) in [7, 11) is 1.66. The Morgan fingerprint density at radius 3 is 2.83 bits per heavy atom. The van der Waals surface area contributed by atoms with Crippen LogP contribution in [0.3, 0.4) is 0 Å². The Morgan fingerprint density at radius 2 is 2.07 bits per heavy atom. The zero-order valence-electron chi connectivity index (χ0n) is 18.2. The van der Waals surface area contributed by atoms with Crippen LogP contribution in [0.25, 0.3) is 10.9 Å². The van der Waals surface area contributed by atoms with E-state index in [1.165, 1.54) is 12.0 Å². The number of ether oxygens (including phenoxy) is 1. The van der Waals surface area contributed by atoms with E-state index in [-0.39, 0.29) is 11.6 Å². The van der Waals surface area contributed by atoms with E-state index < -0.39 is 0 Å². The first-order valence-corrected chi connectivity index (χ1v) is 10.6. The van der Waals surface area contributed by atoms with Gasteiger partial charge in [0.25, 0.3) is 5.56 Å². The molecule has 3 aromatic rings. The number of benzene rings is 1. The van der Waals surface area contributed by atoms with Crippen LogP contribution in [0, 0.1) is 19.8 Å². The van der Waals surface area contributed by atoms with Crippen LogP contribution in [0.2, 0.25) is 0 Å². The molecule has 0 spiro atoms. The lowest BCUT2D eigenvalue weighted by Gasteiger charge is -2.36. The number of hydrogen-bond acceptors (Lipinski definition) is 6. The van der Waals surface area contributed by atoms with Gasteiger partial charge in [-0.2, -0.15) is 0 Å². The lowest BCUT2D eigenvalue weighted by molar-refractivity contribution is 0.137. The summed E-state index contributed by atoms with van der Waals surface area (Å²) in [6, 6.07) is 5.89. The number of piperidine rings is 1. The van der Waals surface area contributed by atoms with Gasteiger partial charge in [0, 0.05) is 24.7 Å². The van der Waals surface area contributed by atoms with Gasteiger partial charge in [0.1, 0.15) is 6.04 Å². The van der Waals surface area contributed by atoms with Crippen molar-refractivity contribution in [1.82, 2.24) is 30.1 Å². The lowest BCUT2D eigenvalue weighted by Crippen LogP contribution is -2.41. The fourth-order valence-corrected chi connectivity index (χ4v) is 4.40. The SMILES string of the molecule is COCCn1nnnc1[C@@H](c1cc2cc(C)c(C)cc2[nH]c1=O)N1CCC[C@@H](C)C1. The number of methoxy groups -OCH3 is 1. The Bertz CT molecular complexity index is 1090. The number of nitrogens with zero attached hydrogens (tertiary/aromatic N) is 5. The molecule has 1 N–H and O–H groups in total. The second kappa shape index (κ2) is 8.65. The fraction of sp³-hybridized carbons (Fsp3) is 0.545. The molecule has 2 atom stereocenters. The van der Waals surface area contributed by atoms with E-state index in [0.717, 1.165) is 36.0 Å². The van der Waals surface area contributed by atoms with Gasteiger partial charge in [-0.25, -0.2) is 4.68 Å². The number of nitrogens with one attached hydrogen (secondary N) is 1. The van der Waals surface area contributed by atoms with Crippen molar-refractivity contribution in [2.75, 3.05) is 26.8 Å². The summed E-state index contributed by atoms with van der Waals surface area (Å²) in [6.45, 7) is 9.28. The van der Waals surface area contributed by atoms with E-state index in [4.69, 9.17) is 4.74 Å². The Labute approximate surface area is 176 Å². The van der Waals surface area contributed by atoms with Gasteiger partial charge in [0.05, 0.1) is 13.2 Å². The summed E-state index contributed by atoms with van der Waals surface area (Å²) in [5.41, 5.74) is 3.82. The van der Waals surface area contributed by atoms with E-state index >= 15 is 0 Å². The number of fused-ring (bicyclic) bond motifs is 1. The molecule has 160 valence electrons. The summed E-state index contributed by atoms with van der Waals surface area (Å²) in [4.78, 5) is 18.7. The van der Waals surface area contributed by atoms with Crippen molar-refractivity contribution >= 4 is 10.9 Å². The maximum Gasteiger partial charge on any atom is 0.253 e. The largest absolute Gasteiger partial charge is 0.383 e. The van der Waals surface area contributed by atoms with E-state index in [9.17, 15) is 4.79 Å². The molecule has 1 fully saturated rings. The first-order chi connectivity index (χ1) is 14.5. The highest BCUT2D eigenvalue weighted by Gasteiger charge is 2.32. The number of rotatable bonds is 6. The molecule has 0 amide bonds. The molecule has 4 rings (SSSR count). The zero-order chi connectivity index (χ0) is 21.3. The molecule has 8 nitrogen and oxygen atoms in total. The minimum atomic E-state index is -0.297. The van der Waals surface area contributed by atoms with E-state index in [1.807, 2.05) is 12.1 Å².